The van der Waals surface area contributed by atoms with Gasteiger partial charge in [-0.1, -0.05) is 35.9 Å². The maximum absolute atomic E-state index is 12.3. The highest BCUT2D eigenvalue weighted by atomic mass is 35.5. The summed E-state index contributed by atoms with van der Waals surface area (Å²) in [5.74, 6) is 1.20. The predicted molar refractivity (Wildman–Crippen MR) is 108 cm³/mol. The highest BCUT2D eigenvalue weighted by molar-refractivity contribution is 6.30. The molecule has 0 aliphatic heterocycles. The van der Waals surface area contributed by atoms with Crippen LogP contribution in [0.15, 0.2) is 66.9 Å². The molecule has 0 aliphatic rings. The van der Waals surface area contributed by atoms with Crippen molar-refractivity contribution in [1.82, 2.24) is 10.3 Å². The van der Waals surface area contributed by atoms with Gasteiger partial charge in [-0.15, -0.1) is 0 Å². The van der Waals surface area contributed by atoms with Gasteiger partial charge in [-0.3, -0.25) is 4.79 Å². The lowest BCUT2D eigenvalue weighted by Gasteiger charge is -2.10. The Balaban J connectivity index is 1.55. The average molecular weight is 382 g/mol. The van der Waals surface area contributed by atoms with Gasteiger partial charge in [0.15, 0.2) is 0 Å². The number of hydrogen-bond acceptors (Lipinski definition) is 4. The van der Waals surface area contributed by atoms with Gasteiger partial charge < -0.3 is 15.4 Å². The number of amides is 1. The maximum atomic E-state index is 12.3. The molecule has 6 heteroatoms. The Labute approximate surface area is 163 Å². The number of nitrogens with zero attached hydrogens (tertiary/aromatic N) is 1. The second kappa shape index (κ2) is 9.05. The molecule has 1 amide bonds. The Hall–Kier alpha value is -3.05. The number of anilines is 2. The summed E-state index contributed by atoms with van der Waals surface area (Å²) >= 11 is 5.96. The van der Waals surface area contributed by atoms with Crippen LogP contribution in [0.5, 0.6) is 5.75 Å². The van der Waals surface area contributed by atoms with Crippen LogP contribution >= 0.6 is 11.6 Å². The zero-order valence-electron chi connectivity index (χ0n) is 14.9. The third kappa shape index (κ3) is 5.21. The Kier molecular flexibility index (Phi) is 6.28. The highest BCUT2D eigenvalue weighted by Gasteiger charge is 2.07. The zero-order chi connectivity index (χ0) is 19.1. The van der Waals surface area contributed by atoms with Crippen LogP contribution in [0.2, 0.25) is 5.02 Å². The fourth-order valence-corrected chi connectivity index (χ4v) is 2.82. The molecule has 0 saturated heterocycles. The van der Waals surface area contributed by atoms with Crippen LogP contribution in [-0.2, 0) is 6.42 Å². The number of para-hydroxylation sites is 2. The van der Waals surface area contributed by atoms with E-state index in [1.165, 1.54) is 0 Å². The normalized spacial score (nSPS) is 10.3. The van der Waals surface area contributed by atoms with E-state index in [1.807, 2.05) is 48.5 Å². The van der Waals surface area contributed by atoms with Crippen LogP contribution in [0.1, 0.15) is 15.9 Å². The first-order valence-corrected chi connectivity index (χ1v) is 8.92. The van der Waals surface area contributed by atoms with E-state index in [9.17, 15) is 4.79 Å². The van der Waals surface area contributed by atoms with Crippen molar-refractivity contribution in [2.24, 2.45) is 0 Å². The first-order valence-electron chi connectivity index (χ1n) is 8.54. The largest absolute Gasteiger partial charge is 0.495 e. The number of carbonyl (C=O) groups is 1. The van der Waals surface area contributed by atoms with Crippen LogP contribution < -0.4 is 15.4 Å². The van der Waals surface area contributed by atoms with Gasteiger partial charge in [0.25, 0.3) is 5.91 Å². The lowest BCUT2D eigenvalue weighted by molar-refractivity contribution is 0.0954. The van der Waals surface area contributed by atoms with E-state index >= 15 is 0 Å². The molecule has 27 heavy (non-hydrogen) atoms. The highest BCUT2D eigenvalue weighted by Crippen LogP contribution is 2.26. The summed E-state index contributed by atoms with van der Waals surface area (Å²) in [4.78, 5) is 16.6. The van der Waals surface area contributed by atoms with Gasteiger partial charge in [0, 0.05) is 17.8 Å². The molecule has 1 heterocycles. The summed E-state index contributed by atoms with van der Waals surface area (Å²) in [6, 6.07) is 18.7. The van der Waals surface area contributed by atoms with E-state index in [4.69, 9.17) is 16.3 Å². The van der Waals surface area contributed by atoms with Crippen molar-refractivity contribution in [3.8, 4) is 5.75 Å². The van der Waals surface area contributed by atoms with Gasteiger partial charge in [-0.25, -0.2) is 4.98 Å². The standard InChI is InChI=1S/C21H20ClN3O2/c1-27-19-8-3-2-7-18(19)25-20-10-9-16(14-24-20)21(26)23-12-11-15-5-4-6-17(22)13-15/h2-10,13-14H,11-12H2,1H3,(H,23,26)(H,24,25). The predicted octanol–water partition coefficient (Wildman–Crippen LogP) is 4.46. The molecule has 0 atom stereocenters. The molecule has 0 aliphatic carbocycles. The van der Waals surface area contributed by atoms with Crippen LogP contribution in [0.3, 0.4) is 0 Å². The summed E-state index contributed by atoms with van der Waals surface area (Å²) in [5.41, 5.74) is 2.40. The van der Waals surface area contributed by atoms with E-state index in [2.05, 4.69) is 15.6 Å². The second-order valence-electron chi connectivity index (χ2n) is 5.89. The first kappa shape index (κ1) is 18.7. The summed E-state index contributed by atoms with van der Waals surface area (Å²) in [6.07, 6.45) is 2.26. The molecule has 0 radical (unpaired) electrons. The topological polar surface area (TPSA) is 63.2 Å². The number of benzene rings is 2. The lowest BCUT2D eigenvalue weighted by Crippen LogP contribution is -2.25. The smallest absolute Gasteiger partial charge is 0.252 e. The number of hydrogen-bond donors (Lipinski definition) is 2. The number of carbonyl (C=O) groups excluding carboxylic acids is 1. The fourth-order valence-electron chi connectivity index (χ4n) is 2.60. The third-order valence-corrected chi connectivity index (χ3v) is 4.22. The molecule has 2 aromatic carbocycles. The summed E-state index contributed by atoms with van der Waals surface area (Å²) in [5, 5.41) is 6.77. The third-order valence-electron chi connectivity index (χ3n) is 3.98. The molecule has 0 fully saturated rings. The molecular weight excluding hydrogens is 362 g/mol. The lowest BCUT2D eigenvalue weighted by atomic mass is 10.1. The van der Waals surface area contributed by atoms with Crippen molar-refractivity contribution in [2.45, 2.75) is 6.42 Å². The van der Waals surface area contributed by atoms with Crippen molar-refractivity contribution in [1.29, 1.82) is 0 Å². The number of aromatic nitrogens is 1. The Bertz CT molecular complexity index is 913. The van der Waals surface area contributed by atoms with Crippen molar-refractivity contribution in [3.63, 3.8) is 0 Å². The Morgan fingerprint density at radius 1 is 1.11 bits per heavy atom. The van der Waals surface area contributed by atoms with Crippen LogP contribution in [0.25, 0.3) is 0 Å². The molecule has 138 valence electrons. The Morgan fingerprint density at radius 2 is 1.96 bits per heavy atom. The molecule has 5 nitrogen and oxygen atoms in total. The van der Waals surface area contributed by atoms with Crippen molar-refractivity contribution >= 4 is 29.0 Å². The summed E-state index contributed by atoms with van der Waals surface area (Å²) in [6.45, 7) is 0.528. The number of pyridine rings is 1. The molecule has 3 aromatic rings. The minimum absolute atomic E-state index is 0.159. The first-order chi connectivity index (χ1) is 13.2. The number of rotatable bonds is 7. The van der Waals surface area contributed by atoms with E-state index in [0.29, 0.717) is 29.4 Å². The van der Waals surface area contributed by atoms with Gasteiger partial charge in [-0.05, 0) is 48.4 Å². The van der Waals surface area contributed by atoms with Gasteiger partial charge in [0.1, 0.15) is 11.6 Å². The minimum Gasteiger partial charge on any atom is -0.495 e. The van der Waals surface area contributed by atoms with E-state index < -0.39 is 0 Å². The molecule has 2 N–H and O–H groups in total. The number of methoxy groups -OCH3 is 1. The van der Waals surface area contributed by atoms with Crippen molar-refractivity contribution < 1.29 is 9.53 Å². The maximum Gasteiger partial charge on any atom is 0.252 e. The van der Waals surface area contributed by atoms with Crippen molar-refractivity contribution in [3.05, 3.63) is 83.0 Å². The Morgan fingerprint density at radius 3 is 2.70 bits per heavy atom. The quantitative estimate of drug-likeness (QED) is 0.634. The monoisotopic (exact) mass is 381 g/mol. The van der Waals surface area contributed by atoms with Gasteiger partial charge in [-0.2, -0.15) is 0 Å². The molecule has 0 spiro atoms. The van der Waals surface area contributed by atoms with E-state index in [-0.39, 0.29) is 5.91 Å². The van der Waals surface area contributed by atoms with Gasteiger partial charge in [0.05, 0.1) is 18.4 Å². The molecule has 0 bridgehead atoms. The minimum atomic E-state index is -0.159. The summed E-state index contributed by atoms with van der Waals surface area (Å²) < 4.78 is 5.30. The average Bonchev–Trinajstić information content (AvgIpc) is 2.69. The van der Waals surface area contributed by atoms with E-state index in [0.717, 1.165) is 17.0 Å². The zero-order valence-corrected chi connectivity index (χ0v) is 15.7. The second-order valence-corrected chi connectivity index (χ2v) is 6.33. The van der Waals surface area contributed by atoms with Gasteiger partial charge in [0.2, 0.25) is 0 Å². The van der Waals surface area contributed by atoms with Crippen molar-refractivity contribution in [2.75, 3.05) is 19.0 Å². The fraction of sp³-hybridized carbons (Fsp3) is 0.143. The van der Waals surface area contributed by atoms with Crippen LogP contribution in [0, 0.1) is 0 Å². The molecule has 3 rings (SSSR count). The molecule has 0 saturated carbocycles. The molecule has 0 unspecified atom stereocenters. The van der Waals surface area contributed by atoms with Crippen LogP contribution in [0.4, 0.5) is 11.5 Å². The van der Waals surface area contributed by atoms with E-state index in [1.54, 1.807) is 25.4 Å². The number of nitrogens with one attached hydrogen (secondary N) is 2. The van der Waals surface area contributed by atoms with Gasteiger partial charge >= 0.3 is 0 Å². The summed E-state index contributed by atoms with van der Waals surface area (Å²) in [7, 11) is 1.62. The molecular formula is C21H20ClN3O2. The number of ether oxygens (including phenoxy) is 1. The van der Waals surface area contributed by atoms with Crippen LogP contribution in [-0.4, -0.2) is 24.5 Å². The molecule has 1 aromatic heterocycles. The number of halogens is 1. The SMILES string of the molecule is COc1ccccc1Nc1ccc(C(=O)NCCc2cccc(Cl)c2)cn1.